The number of nitrogens with zero attached hydrogens (tertiary/aromatic N) is 3. The van der Waals surface area contributed by atoms with Gasteiger partial charge in [-0.3, -0.25) is 0 Å². The first-order valence-corrected chi connectivity index (χ1v) is 11.0. The summed E-state index contributed by atoms with van der Waals surface area (Å²) < 4.78 is 7.70. The van der Waals surface area contributed by atoms with E-state index >= 15 is 0 Å². The van der Waals surface area contributed by atoms with E-state index in [1.165, 1.54) is 5.52 Å². The number of hydrogen-bond acceptors (Lipinski definition) is 5. The lowest BCUT2D eigenvalue weighted by Crippen LogP contribution is -2.22. The highest BCUT2D eigenvalue weighted by atomic mass is 32.2. The molecule has 0 aliphatic carbocycles. The molecule has 0 amide bonds. The van der Waals surface area contributed by atoms with Crippen LogP contribution in [-0.2, 0) is 16.7 Å². The van der Waals surface area contributed by atoms with E-state index in [1.54, 1.807) is 31.1 Å². The third kappa shape index (κ3) is 5.31. The first-order valence-electron chi connectivity index (χ1n) is 10.1. The summed E-state index contributed by atoms with van der Waals surface area (Å²) >= 11 is 1.60. The smallest absolute Gasteiger partial charge is 0.211 e. The van der Waals surface area contributed by atoms with Gasteiger partial charge in [-0.05, 0) is 36.6 Å². The molecule has 0 spiro atoms. The largest absolute Gasteiger partial charge is 0.493 e. The Morgan fingerprint density at radius 1 is 1.17 bits per heavy atom. The number of aromatic nitrogens is 3. The van der Waals surface area contributed by atoms with Crippen molar-refractivity contribution in [2.75, 3.05) is 13.7 Å². The first kappa shape index (κ1) is 21.7. The minimum Gasteiger partial charge on any atom is -0.493 e. The van der Waals surface area contributed by atoms with Gasteiger partial charge in [0.25, 0.3) is 0 Å². The van der Waals surface area contributed by atoms with E-state index in [9.17, 15) is 5.11 Å². The van der Waals surface area contributed by atoms with Crippen LogP contribution in [0.3, 0.4) is 0 Å². The second-order valence-corrected chi connectivity index (χ2v) is 9.60. The van der Waals surface area contributed by atoms with Crippen LogP contribution in [0.1, 0.15) is 46.4 Å². The molecule has 6 heteroatoms. The Kier molecular flexibility index (Phi) is 6.85. The molecular formula is C23H31N3O2S. The Morgan fingerprint density at radius 3 is 2.59 bits per heavy atom. The molecule has 156 valence electrons. The van der Waals surface area contributed by atoms with Gasteiger partial charge in [0.2, 0.25) is 5.88 Å². The third-order valence-corrected chi connectivity index (χ3v) is 6.07. The van der Waals surface area contributed by atoms with Crippen LogP contribution in [0.15, 0.2) is 46.3 Å². The SMILES string of the molecule is CCC(CCOC)Cn1c(C(C)(C)C)nc2cc(Sc3ccnc(O)c3)ccc21. The summed E-state index contributed by atoms with van der Waals surface area (Å²) in [7, 11) is 1.77. The van der Waals surface area contributed by atoms with Crippen molar-refractivity contribution in [1.29, 1.82) is 0 Å². The van der Waals surface area contributed by atoms with Gasteiger partial charge in [0.05, 0.1) is 11.0 Å². The number of aromatic hydroxyl groups is 1. The highest BCUT2D eigenvalue weighted by Gasteiger charge is 2.24. The maximum Gasteiger partial charge on any atom is 0.211 e. The number of ether oxygens (including phenoxy) is 1. The van der Waals surface area contributed by atoms with Gasteiger partial charge in [0.1, 0.15) is 5.82 Å². The third-order valence-electron chi connectivity index (χ3n) is 5.09. The number of imidazole rings is 1. The summed E-state index contributed by atoms with van der Waals surface area (Å²) in [5.74, 6) is 1.71. The van der Waals surface area contributed by atoms with Gasteiger partial charge in [0.15, 0.2) is 0 Å². The zero-order valence-corrected chi connectivity index (χ0v) is 18.8. The first-order chi connectivity index (χ1) is 13.8. The van der Waals surface area contributed by atoms with Crippen molar-refractivity contribution in [1.82, 2.24) is 14.5 Å². The molecule has 3 rings (SSSR count). The summed E-state index contributed by atoms with van der Waals surface area (Å²) in [6, 6.07) is 10.0. The molecule has 1 unspecified atom stereocenters. The van der Waals surface area contributed by atoms with Gasteiger partial charge >= 0.3 is 0 Å². The lowest BCUT2D eigenvalue weighted by atomic mass is 9.95. The van der Waals surface area contributed by atoms with Gasteiger partial charge in [-0.1, -0.05) is 45.9 Å². The molecule has 1 aromatic carbocycles. The summed E-state index contributed by atoms with van der Waals surface area (Å²) in [5.41, 5.74) is 2.15. The molecule has 1 N–H and O–H groups in total. The van der Waals surface area contributed by atoms with Crippen LogP contribution in [-0.4, -0.2) is 33.4 Å². The van der Waals surface area contributed by atoms with E-state index in [0.717, 1.165) is 47.1 Å². The fourth-order valence-corrected chi connectivity index (χ4v) is 4.37. The van der Waals surface area contributed by atoms with Crippen molar-refractivity contribution in [3.63, 3.8) is 0 Å². The van der Waals surface area contributed by atoms with Crippen LogP contribution < -0.4 is 0 Å². The number of fused-ring (bicyclic) bond motifs is 1. The van der Waals surface area contributed by atoms with Crippen LogP contribution in [0.5, 0.6) is 5.88 Å². The van der Waals surface area contributed by atoms with E-state index < -0.39 is 0 Å². The van der Waals surface area contributed by atoms with Crippen LogP contribution in [0.25, 0.3) is 11.0 Å². The second kappa shape index (κ2) is 9.18. The maximum absolute atomic E-state index is 9.61. The molecule has 0 fully saturated rings. The topological polar surface area (TPSA) is 60.2 Å². The highest BCUT2D eigenvalue weighted by Crippen LogP contribution is 2.33. The minimum atomic E-state index is -0.0389. The standard InChI is InChI=1S/C23H31N3O2S/c1-6-16(10-12-28-5)15-26-20-8-7-17(29-18-9-11-24-21(27)14-18)13-19(20)25-22(26)23(2,3)4/h7-9,11,13-14,16H,6,10,12,15H2,1-5H3,(H,24,27). The Bertz CT molecular complexity index is 962. The van der Waals surface area contributed by atoms with Crippen molar-refractivity contribution in [3.05, 3.63) is 42.4 Å². The summed E-state index contributed by atoms with van der Waals surface area (Å²) in [6.07, 6.45) is 3.79. The number of hydrogen-bond donors (Lipinski definition) is 1. The van der Waals surface area contributed by atoms with Crippen molar-refractivity contribution < 1.29 is 9.84 Å². The second-order valence-electron chi connectivity index (χ2n) is 8.45. The molecule has 0 aliphatic heterocycles. The predicted molar refractivity (Wildman–Crippen MR) is 119 cm³/mol. The number of rotatable bonds is 8. The molecule has 2 aromatic heterocycles. The normalized spacial score (nSPS) is 13.1. The van der Waals surface area contributed by atoms with Gasteiger partial charge in [0, 0.05) is 47.7 Å². The molecule has 5 nitrogen and oxygen atoms in total. The number of benzene rings is 1. The Balaban J connectivity index is 1.96. The van der Waals surface area contributed by atoms with Crippen molar-refractivity contribution >= 4 is 22.8 Å². The summed E-state index contributed by atoms with van der Waals surface area (Å²) in [4.78, 5) is 10.9. The molecule has 2 heterocycles. The summed E-state index contributed by atoms with van der Waals surface area (Å²) in [6.45, 7) is 10.6. The quantitative estimate of drug-likeness (QED) is 0.517. The van der Waals surface area contributed by atoms with E-state index in [0.29, 0.717) is 5.92 Å². The molecule has 1 atom stereocenters. The monoisotopic (exact) mass is 413 g/mol. The van der Waals surface area contributed by atoms with Crippen LogP contribution >= 0.6 is 11.8 Å². The van der Waals surface area contributed by atoms with E-state index in [1.807, 2.05) is 6.07 Å². The Morgan fingerprint density at radius 2 is 1.93 bits per heavy atom. The minimum absolute atomic E-state index is 0.0389. The van der Waals surface area contributed by atoms with E-state index in [-0.39, 0.29) is 11.3 Å². The molecule has 0 radical (unpaired) electrons. The fourth-order valence-electron chi connectivity index (χ4n) is 3.50. The molecular weight excluding hydrogens is 382 g/mol. The zero-order chi connectivity index (χ0) is 21.0. The zero-order valence-electron chi connectivity index (χ0n) is 18.0. The average Bonchev–Trinajstić information content (AvgIpc) is 3.03. The van der Waals surface area contributed by atoms with Gasteiger partial charge in [-0.25, -0.2) is 9.97 Å². The fraction of sp³-hybridized carbons (Fsp3) is 0.478. The molecule has 3 aromatic rings. The van der Waals surface area contributed by atoms with E-state index in [2.05, 4.69) is 55.4 Å². The number of pyridine rings is 1. The lowest BCUT2D eigenvalue weighted by molar-refractivity contribution is 0.171. The molecule has 0 bridgehead atoms. The van der Waals surface area contributed by atoms with Gasteiger partial charge < -0.3 is 14.4 Å². The Hall–Kier alpha value is -2.05. The van der Waals surface area contributed by atoms with Gasteiger partial charge in [-0.15, -0.1) is 0 Å². The highest BCUT2D eigenvalue weighted by molar-refractivity contribution is 7.99. The van der Waals surface area contributed by atoms with Crippen molar-refractivity contribution in [2.24, 2.45) is 5.92 Å². The molecule has 0 aliphatic rings. The van der Waals surface area contributed by atoms with Crippen LogP contribution in [0, 0.1) is 5.92 Å². The van der Waals surface area contributed by atoms with Crippen LogP contribution in [0.4, 0.5) is 0 Å². The number of methoxy groups -OCH3 is 1. The summed E-state index contributed by atoms with van der Waals surface area (Å²) in [5, 5.41) is 9.61. The Labute approximate surface area is 177 Å². The van der Waals surface area contributed by atoms with Crippen molar-refractivity contribution in [2.45, 2.75) is 62.3 Å². The van der Waals surface area contributed by atoms with Gasteiger partial charge in [-0.2, -0.15) is 0 Å². The molecule has 29 heavy (non-hydrogen) atoms. The maximum atomic E-state index is 9.61. The average molecular weight is 414 g/mol. The molecule has 0 saturated carbocycles. The molecule has 0 saturated heterocycles. The van der Waals surface area contributed by atoms with Crippen molar-refractivity contribution in [3.8, 4) is 5.88 Å². The van der Waals surface area contributed by atoms with E-state index in [4.69, 9.17) is 9.72 Å². The predicted octanol–water partition coefficient (Wildman–Crippen LogP) is 5.65. The lowest BCUT2D eigenvalue weighted by Gasteiger charge is -2.23. The van der Waals surface area contributed by atoms with Crippen LogP contribution in [0.2, 0.25) is 0 Å².